The van der Waals surface area contributed by atoms with E-state index in [-0.39, 0.29) is 0 Å². The van der Waals surface area contributed by atoms with E-state index in [4.69, 9.17) is 0 Å². The lowest BCUT2D eigenvalue weighted by Crippen LogP contribution is -2.56. The lowest BCUT2D eigenvalue weighted by atomic mass is 9.88. The standard InChI is InChI=1S/C10H12BrNO/c1-7-2-3-8(4-9(7)11)10(13)5-12-6-10/h2-4,12-13H,5-6H2,1H3. The smallest absolute Gasteiger partial charge is 0.114 e. The number of hydrogen-bond acceptors (Lipinski definition) is 2. The average molecular weight is 242 g/mol. The third-order valence-corrected chi connectivity index (χ3v) is 3.40. The summed E-state index contributed by atoms with van der Waals surface area (Å²) in [6.07, 6.45) is 0. The zero-order valence-corrected chi connectivity index (χ0v) is 9.06. The van der Waals surface area contributed by atoms with Crippen LogP contribution in [0.5, 0.6) is 0 Å². The van der Waals surface area contributed by atoms with Crippen molar-refractivity contribution in [3.05, 3.63) is 33.8 Å². The maximum Gasteiger partial charge on any atom is 0.114 e. The summed E-state index contributed by atoms with van der Waals surface area (Å²) in [5.74, 6) is 0. The second kappa shape index (κ2) is 3.08. The molecule has 3 heteroatoms. The monoisotopic (exact) mass is 241 g/mol. The van der Waals surface area contributed by atoms with Gasteiger partial charge in [0.25, 0.3) is 0 Å². The molecular formula is C10H12BrNO. The van der Waals surface area contributed by atoms with Gasteiger partial charge in [-0.05, 0) is 24.1 Å². The summed E-state index contributed by atoms with van der Waals surface area (Å²) < 4.78 is 1.06. The van der Waals surface area contributed by atoms with Crippen LogP contribution < -0.4 is 5.32 Å². The van der Waals surface area contributed by atoms with Gasteiger partial charge in [-0.1, -0.05) is 28.1 Å². The summed E-state index contributed by atoms with van der Waals surface area (Å²) in [5.41, 5.74) is 1.54. The molecule has 13 heavy (non-hydrogen) atoms. The van der Waals surface area contributed by atoms with Crippen LogP contribution in [0.15, 0.2) is 22.7 Å². The average Bonchev–Trinajstić information content (AvgIpc) is 2.06. The van der Waals surface area contributed by atoms with Gasteiger partial charge in [0.15, 0.2) is 0 Å². The third-order valence-electron chi connectivity index (χ3n) is 2.54. The molecule has 70 valence electrons. The van der Waals surface area contributed by atoms with Gasteiger partial charge >= 0.3 is 0 Å². The molecule has 0 aromatic heterocycles. The Labute approximate surface area is 86.1 Å². The molecule has 0 atom stereocenters. The lowest BCUT2D eigenvalue weighted by Gasteiger charge is -2.38. The highest BCUT2D eigenvalue weighted by atomic mass is 79.9. The molecule has 0 radical (unpaired) electrons. The Morgan fingerprint density at radius 2 is 2.15 bits per heavy atom. The largest absolute Gasteiger partial charge is 0.382 e. The maximum atomic E-state index is 10.0. The van der Waals surface area contributed by atoms with Gasteiger partial charge in [0, 0.05) is 17.6 Å². The van der Waals surface area contributed by atoms with Gasteiger partial charge in [0.2, 0.25) is 0 Å². The molecule has 2 N–H and O–H groups in total. The first-order valence-corrected chi connectivity index (χ1v) is 5.11. The van der Waals surface area contributed by atoms with Crippen molar-refractivity contribution in [1.29, 1.82) is 0 Å². The first-order valence-electron chi connectivity index (χ1n) is 4.31. The van der Waals surface area contributed by atoms with Crippen molar-refractivity contribution in [3.8, 4) is 0 Å². The van der Waals surface area contributed by atoms with Gasteiger partial charge in [0.05, 0.1) is 0 Å². The molecule has 0 bridgehead atoms. The lowest BCUT2D eigenvalue weighted by molar-refractivity contribution is -0.0147. The Balaban J connectivity index is 2.36. The van der Waals surface area contributed by atoms with E-state index in [1.54, 1.807) is 0 Å². The van der Waals surface area contributed by atoms with E-state index in [1.807, 2.05) is 25.1 Å². The number of halogens is 1. The number of β-amino-alcohol motifs (C(OH)–C–C–N with tert-alkyl or cyclic N) is 1. The number of hydrogen-bond donors (Lipinski definition) is 2. The third kappa shape index (κ3) is 1.52. The number of aryl methyl sites for hydroxylation is 1. The zero-order valence-electron chi connectivity index (χ0n) is 7.47. The van der Waals surface area contributed by atoms with Crippen molar-refractivity contribution in [2.24, 2.45) is 0 Å². The predicted octanol–water partition coefficient (Wildman–Crippen LogP) is 1.55. The molecule has 1 aliphatic heterocycles. The van der Waals surface area contributed by atoms with Crippen molar-refractivity contribution >= 4 is 15.9 Å². The van der Waals surface area contributed by atoms with Crippen LogP contribution in [0.2, 0.25) is 0 Å². The van der Waals surface area contributed by atoms with Gasteiger partial charge < -0.3 is 10.4 Å². The Bertz CT molecular complexity index is 334. The normalized spacial score (nSPS) is 19.6. The number of nitrogens with one attached hydrogen (secondary N) is 1. The van der Waals surface area contributed by atoms with Crippen LogP contribution in [0.1, 0.15) is 11.1 Å². The first kappa shape index (κ1) is 9.19. The van der Waals surface area contributed by atoms with Crippen molar-refractivity contribution in [3.63, 3.8) is 0 Å². The Morgan fingerprint density at radius 1 is 1.46 bits per heavy atom. The highest BCUT2D eigenvalue weighted by molar-refractivity contribution is 9.10. The molecule has 2 nitrogen and oxygen atoms in total. The Morgan fingerprint density at radius 3 is 2.62 bits per heavy atom. The maximum absolute atomic E-state index is 10.0. The van der Waals surface area contributed by atoms with Crippen LogP contribution in [0.3, 0.4) is 0 Å². The topological polar surface area (TPSA) is 32.3 Å². The molecular weight excluding hydrogens is 230 g/mol. The highest BCUT2D eigenvalue weighted by Crippen LogP contribution is 2.28. The van der Waals surface area contributed by atoms with Crippen LogP contribution in [0.25, 0.3) is 0 Å². The molecule has 0 unspecified atom stereocenters. The van der Waals surface area contributed by atoms with Gasteiger partial charge in [-0.15, -0.1) is 0 Å². The van der Waals surface area contributed by atoms with Crippen molar-refractivity contribution in [2.75, 3.05) is 13.1 Å². The predicted molar refractivity (Wildman–Crippen MR) is 55.6 cm³/mol. The molecule has 1 saturated heterocycles. The molecule has 2 rings (SSSR count). The summed E-state index contributed by atoms with van der Waals surface area (Å²) in [7, 11) is 0. The molecule has 1 fully saturated rings. The zero-order chi connectivity index (χ0) is 9.47. The second-order valence-electron chi connectivity index (χ2n) is 3.60. The van der Waals surface area contributed by atoms with Crippen LogP contribution in [-0.4, -0.2) is 18.2 Å². The molecule has 1 aliphatic rings. The van der Waals surface area contributed by atoms with Crippen LogP contribution in [0.4, 0.5) is 0 Å². The Hall–Kier alpha value is -0.380. The fraction of sp³-hybridized carbons (Fsp3) is 0.400. The number of benzene rings is 1. The SMILES string of the molecule is Cc1ccc(C2(O)CNC2)cc1Br. The van der Waals surface area contributed by atoms with Gasteiger partial charge in [-0.3, -0.25) is 0 Å². The summed E-state index contributed by atoms with van der Waals surface area (Å²) >= 11 is 3.46. The van der Waals surface area contributed by atoms with E-state index in [9.17, 15) is 5.11 Å². The van der Waals surface area contributed by atoms with E-state index in [1.165, 1.54) is 5.56 Å². The van der Waals surface area contributed by atoms with Gasteiger partial charge in [0.1, 0.15) is 5.60 Å². The molecule has 1 heterocycles. The fourth-order valence-corrected chi connectivity index (χ4v) is 1.83. The summed E-state index contributed by atoms with van der Waals surface area (Å²) in [6, 6.07) is 6.01. The fourth-order valence-electron chi connectivity index (χ4n) is 1.45. The number of rotatable bonds is 1. The minimum atomic E-state index is -0.643. The summed E-state index contributed by atoms with van der Waals surface area (Å²) in [5, 5.41) is 13.1. The minimum absolute atomic E-state index is 0.643. The van der Waals surface area contributed by atoms with Crippen LogP contribution in [0, 0.1) is 6.92 Å². The first-order chi connectivity index (χ1) is 6.12. The van der Waals surface area contributed by atoms with Gasteiger partial charge in [-0.2, -0.15) is 0 Å². The van der Waals surface area contributed by atoms with E-state index in [0.29, 0.717) is 13.1 Å². The molecule has 0 aliphatic carbocycles. The van der Waals surface area contributed by atoms with E-state index < -0.39 is 5.60 Å². The van der Waals surface area contributed by atoms with Gasteiger partial charge in [-0.25, -0.2) is 0 Å². The van der Waals surface area contributed by atoms with Crippen molar-refractivity contribution in [1.82, 2.24) is 5.32 Å². The molecule has 0 amide bonds. The van der Waals surface area contributed by atoms with E-state index in [0.717, 1.165) is 10.0 Å². The molecule has 0 saturated carbocycles. The molecule has 0 spiro atoms. The Kier molecular flexibility index (Phi) is 2.18. The summed E-state index contributed by atoms with van der Waals surface area (Å²) in [4.78, 5) is 0. The quantitative estimate of drug-likeness (QED) is 0.783. The summed E-state index contributed by atoms with van der Waals surface area (Å²) in [6.45, 7) is 3.35. The van der Waals surface area contributed by atoms with Crippen LogP contribution in [-0.2, 0) is 5.60 Å². The van der Waals surface area contributed by atoms with Crippen molar-refractivity contribution in [2.45, 2.75) is 12.5 Å². The molecule has 1 aromatic carbocycles. The number of aliphatic hydroxyl groups is 1. The minimum Gasteiger partial charge on any atom is -0.382 e. The van der Waals surface area contributed by atoms with Crippen molar-refractivity contribution < 1.29 is 5.11 Å². The van der Waals surface area contributed by atoms with Crippen LogP contribution >= 0.6 is 15.9 Å². The van der Waals surface area contributed by atoms with E-state index in [2.05, 4.69) is 21.2 Å². The molecule has 1 aromatic rings. The highest BCUT2D eigenvalue weighted by Gasteiger charge is 2.36. The van der Waals surface area contributed by atoms with E-state index >= 15 is 0 Å². The second-order valence-corrected chi connectivity index (χ2v) is 4.45.